The number of hydrogen-bond donors (Lipinski definition) is 0. The van der Waals surface area contributed by atoms with Gasteiger partial charge in [-0.05, 0) is 36.0 Å². The van der Waals surface area contributed by atoms with Gasteiger partial charge in [-0.15, -0.1) is 0 Å². The number of thioether (sulfide) groups is 1. The van der Waals surface area contributed by atoms with Gasteiger partial charge in [0, 0.05) is 29.7 Å². The number of carbonyl (C=O) groups excluding carboxylic acids is 2. The zero-order chi connectivity index (χ0) is 16.7. The molecule has 1 aromatic heterocycles. The van der Waals surface area contributed by atoms with Gasteiger partial charge in [-0.1, -0.05) is 36.4 Å². The highest BCUT2D eigenvalue weighted by Gasteiger charge is 2.36. The van der Waals surface area contributed by atoms with Crippen molar-refractivity contribution < 1.29 is 9.59 Å². The molecule has 0 spiro atoms. The molecule has 1 aliphatic rings. The van der Waals surface area contributed by atoms with Crippen molar-refractivity contribution >= 4 is 45.6 Å². The zero-order valence-electron chi connectivity index (χ0n) is 13.0. The molecule has 118 valence electrons. The highest BCUT2D eigenvalue weighted by molar-refractivity contribution is 8.19. The predicted molar refractivity (Wildman–Crippen MR) is 97.8 cm³/mol. The Bertz CT molecular complexity index is 989. The first-order valence-electron chi connectivity index (χ1n) is 7.52. The number of imide groups is 1. The SMILES string of the molecule is Cn1cc(/C=C2/SC(=O)N(c3ccccc3)C2=O)c2ccccc21. The van der Waals surface area contributed by atoms with Crippen molar-refractivity contribution in [3.63, 3.8) is 0 Å². The fourth-order valence-electron chi connectivity index (χ4n) is 2.90. The zero-order valence-corrected chi connectivity index (χ0v) is 13.8. The van der Waals surface area contributed by atoms with Gasteiger partial charge in [-0.2, -0.15) is 0 Å². The first-order valence-corrected chi connectivity index (χ1v) is 8.34. The normalized spacial score (nSPS) is 16.5. The molecule has 24 heavy (non-hydrogen) atoms. The van der Waals surface area contributed by atoms with E-state index in [1.165, 1.54) is 4.90 Å². The second-order valence-corrected chi connectivity index (χ2v) is 6.56. The third kappa shape index (κ3) is 2.34. The van der Waals surface area contributed by atoms with Crippen LogP contribution in [-0.4, -0.2) is 15.7 Å². The third-order valence-corrected chi connectivity index (χ3v) is 4.89. The van der Waals surface area contributed by atoms with E-state index in [0.29, 0.717) is 10.6 Å². The maximum atomic E-state index is 12.7. The molecule has 0 N–H and O–H groups in total. The van der Waals surface area contributed by atoms with E-state index < -0.39 is 0 Å². The number of amides is 2. The summed E-state index contributed by atoms with van der Waals surface area (Å²) in [6.45, 7) is 0. The Morgan fingerprint density at radius 3 is 2.46 bits per heavy atom. The number of hydrogen-bond acceptors (Lipinski definition) is 3. The summed E-state index contributed by atoms with van der Waals surface area (Å²) in [4.78, 5) is 26.6. The molecule has 0 aliphatic carbocycles. The molecular weight excluding hydrogens is 320 g/mol. The van der Waals surface area contributed by atoms with Gasteiger partial charge in [0.1, 0.15) is 0 Å². The monoisotopic (exact) mass is 334 g/mol. The lowest BCUT2D eigenvalue weighted by molar-refractivity contribution is -0.113. The van der Waals surface area contributed by atoms with Crippen molar-refractivity contribution in [2.75, 3.05) is 4.90 Å². The maximum Gasteiger partial charge on any atom is 0.298 e. The number of fused-ring (bicyclic) bond motifs is 1. The number of para-hydroxylation sites is 2. The lowest BCUT2D eigenvalue weighted by Crippen LogP contribution is -2.27. The minimum atomic E-state index is -0.274. The number of benzene rings is 2. The summed E-state index contributed by atoms with van der Waals surface area (Å²) in [6, 6.07) is 17.0. The summed E-state index contributed by atoms with van der Waals surface area (Å²) in [5.74, 6) is -0.274. The van der Waals surface area contributed by atoms with Crippen LogP contribution in [0.3, 0.4) is 0 Å². The van der Waals surface area contributed by atoms with E-state index in [2.05, 4.69) is 0 Å². The molecule has 2 aromatic carbocycles. The van der Waals surface area contributed by atoms with E-state index in [0.717, 1.165) is 28.2 Å². The Kier molecular flexibility index (Phi) is 3.50. The molecule has 0 radical (unpaired) electrons. The van der Waals surface area contributed by atoms with Crippen molar-refractivity contribution in [3.05, 3.63) is 71.3 Å². The Hall–Kier alpha value is -2.79. The van der Waals surface area contributed by atoms with Crippen molar-refractivity contribution in [3.8, 4) is 0 Å². The second kappa shape index (κ2) is 5.69. The molecular formula is C19H14N2O2S. The Morgan fingerprint density at radius 2 is 1.67 bits per heavy atom. The number of aromatic nitrogens is 1. The van der Waals surface area contributed by atoms with Crippen LogP contribution in [0.2, 0.25) is 0 Å². The van der Waals surface area contributed by atoms with Gasteiger partial charge in [0.25, 0.3) is 11.1 Å². The molecule has 0 saturated carbocycles. The van der Waals surface area contributed by atoms with Crippen molar-refractivity contribution in [2.24, 2.45) is 7.05 Å². The van der Waals surface area contributed by atoms with Gasteiger partial charge in [0.05, 0.1) is 10.6 Å². The van der Waals surface area contributed by atoms with Gasteiger partial charge in [-0.3, -0.25) is 9.59 Å². The summed E-state index contributed by atoms with van der Waals surface area (Å²) in [5, 5.41) is 0.796. The third-order valence-electron chi connectivity index (χ3n) is 4.02. The highest BCUT2D eigenvalue weighted by Crippen LogP contribution is 2.36. The summed E-state index contributed by atoms with van der Waals surface area (Å²) in [6.07, 6.45) is 3.78. The molecule has 3 aromatic rings. The molecule has 0 bridgehead atoms. The Morgan fingerprint density at radius 1 is 0.958 bits per heavy atom. The molecule has 0 unspecified atom stereocenters. The summed E-state index contributed by atoms with van der Waals surface area (Å²) in [7, 11) is 1.97. The van der Waals surface area contributed by atoms with E-state index in [1.807, 2.05) is 60.3 Å². The average molecular weight is 334 g/mol. The molecule has 5 heteroatoms. The minimum absolute atomic E-state index is 0.266. The fourth-order valence-corrected chi connectivity index (χ4v) is 3.73. The number of anilines is 1. The molecule has 4 nitrogen and oxygen atoms in total. The van der Waals surface area contributed by atoms with Crippen LogP contribution in [0.5, 0.6) is 0 Å². The summed E-state index contributed by atoms with van der Waals surface area (Å²) in [5.41, 5.74) is 2.62. The van der Waals surface area contributed by atoms with E-state index in [-0.39, 0.29) is 11.1 Å². The van der Waals surface area contributed by atoms with Gasteiger partial charge in [0.15, 0.2) is 0 Å². The van der Waals surface area contributed by atoms with Crippen LogP contribution in [0.15, 0.2) is 65.7 Å². The summed E-state index contributed by atoms with van der Waals surface area (Å²) < 4.78 is 2.02. The van der Waals surface area contributed by atoms with Crippen LogP contribution in [0.25, 0.3) is 17.0 Å². The van der Waals surface area contributed by atoms with Crippen LogP contribution in [-0.2, 0) is 11.8 Å². The number of aryl methyl sites for hydroxylation is 1. The molecule has 2 amide bonds. The lowest BCUT2D eigenvalue weighted by atomic mass is 10.1. The van der Waals surface area contributed by atoms with Crippen molar-refractivity contribution in [1.29, 1.82) is 0 Å². The van der Waals surface area contributed by atoms with Crippen molar-refractivity contribution in [2.45, 2.75) is 0 Å². The number of rotatable bonds is 2. The first-order chi connectivity index (χ1) is 11.6. The van der Waals surface area contributed by atoms with E-state index >= 15 is 0 Å². The van der Waals surface area contributed by atoms with E-state index in [1.54, 1.807) is 18.2 Å². The van der Waals surface area contributed by atoms with Gasteiger partial charge in [-0.25, -0.2) is 4.90 Å². The number of nitrogens with zero attached hydrogens (tertiary/aromatic N) is 2. The molecule has 1 saturated heterocycles. The average Bonchev–Trinajstić information content (AvgIpc) is 3.06. The fraction of sp³-hybridized carbons (Fsp3) is 0.0526. The maximum absolute atomic E-state index is 12.7. The van der Waals surface area contributed by atoms with E-state index in [4.69, 9.17) is 0 Å². The minimum Gasteiger partial charge on any atom is -0.350 e. The first kappa shape index (κ1) is 14.8. The van der Waals surface area contributed by atoms with Crippen LogP contribution in [0.1, 0.15) is 5.56 Å². The molecule has 1 fully saturated rings. The standard InChI is InChI=1S/C19H14N2O2S/c1-20-12-13(15-9-5-6-10-16(15)20)11-17-18(22)21(19(23)24-17)14-7-3-2-4-8-14/h2-12H,1H3/b17-11+. The van der Waals surface area contributed by atoms with E-state index in [9.17, 15) is 9.59 Å². The topological polar surface area (TPSA) is 42.3 Å². The van der Waals surface area contributed by atoms with Crippen LogP contribution in [0.4, 0.5) is 10.5 Å². The van der Waals surface area contributed by atoms with Crippen LogP contribution >= 0.6 is 11.8 Å². The molecule has 0 atom stereocenters. The molecule has 4 rings (SSSR count). The van der Waals surface area contributed by atoms with Gasteiger partial charge < -0.3 is 4.57 Å². The smallest absolute Gasteiger partial charge is 0.298 e. The molecule has 2 heterocycles. The summed E-state index contributed by atoms with van der Waals surface area (Å²) >= 11 is 0.979. The predicted octanol–water partition coefficient (Wildman–Crippen LogP) is 4.42. The highest BCUT2D eigenvalue weighted by atomic mass is 32.2. The number of carbonyl (C=O) groups is 2. The Labute approximate surface area is 143 Å². The van der Waals surface area contributed by atoms with Crippen LogP contribution in [0, 0.1) is 0 Å². The molecule has 1 aliphatic heterocycles. The van der Waals surface area contributed by atoms with Crippen molar-refractivity contribution in [1.82, 2.24) is 4.57 Å². The second-order valence-electron chi connectivity index (χ2n) is 5.57. The van der Waals surface area contributed by atoms with Crippen LogP contribution < -0.4 is 4.90 Å². The van der Waals surface area contributed by atoms with Gasteiger partial charge >= 0.3 is 0 Å². The lowest BCUT2D eigenvalue weighted by Gasteiger charge is -2.11. The Balaban J connectivity index is 1.76. The van der Waals surface area contributed by atoms with Gasteiger partial charge in [0.2, 0.25) is 0 Å². The quantitative estimate of drug-likeness (QED) is 0.652. The largest absolute Gasteiger partial charge is 0.350 e.